The van der Waals surface area contributed by atoms with Gasteiger partial charge >= 0.3 is 0 Å². The van der Waals surface area contributed by atoms with Gasteiger partial charge < -0.3 is 15.0 Å². The normalized spacial score (nSPS) is 23.5. The maximum Gasteiger partial charge on any atom is 0.244 e. The molecule has 3 rings (SSSR count). The average Bonchev–Trinajstić information content (AvgIpc) is 3.18. The van der Waals surface area contributed by atoms with Gasteiger partial charge in [-0.3, -0.25) is 14.3 Å². The number of rotatable bonds is 7. The van der Waals surface area contributed by atoms with Crippen LogP contribution in [0.15, 0.2) is 12.3 Å². The van der Waals surface area contributed by atoms with Crippen LogP contribution in [0.3, 0.4) is 0 Å². The lowest BCUT2D eigenvalue weighted by molar-refractivity contribution is -0.140. The van der Waals surface area contributed by atoms with Crippen LogP contribution in [-0.4, -0.2) is 59.3 Å². The number of methoxy groups -OCH3 is 1. The fourth-order valence-corrected chi connectivity index (χ4v) is 3.65. The van der Waals surface area contributed by atoms with Gasteiger partial charge in [-0.25, -0.2) is 0 Å². The van der Waals surface area contributed by atoms with Crippen LogP contribution in [-0.2, 0) is 20.9 Å². The van der Waals surface area contributed by atoms with Gasteiger partial charge in [0.1, 0.15) is 6.54 Å². The number of likely N-dealkylation sites (tertiary alicyclic amines) is 1. The van der Waals surface area contributed by atoms with Crippen molar-refractivity contribution in [3.8, 4) is 0 Å². The second-order valence-corrected chi connectivity index (χ2v) is 6.87. The molecule has 2 heterocycles. The summed E-state index contributed by atoms with van der Waals surface area (Å²) >= 11 is 0. The zero-order chi connectivity index (χ0) is 17.2. The van der Waals surface area contributed by atoms with Crippen LogP contribution in [0.1, 0.15) is 43.7 Å². The maximum atomic E-state index is 12.8. The highest BCUT2D eigenvalue weighted by Crippen LogP contribution is 2.39. The van der Waals surface area contributed by atoms with Gasteiger partial charge in [0.25, 0.3) is 0 Å². The first-order valence-corrected chi connectivity index (χ1v) is 8.61. The summed E-state index contributed by atoms with van der Waals surface area (Å²) in [5, 5.41) is 7.17. The fraction of sp³-hybridized carbons (Fsp3) is 0.706. The zero-order valence-corrected chi connectivity index (χ0v) is 14.5. The number of hydrogen-bond acceptors (Lipinski definition) is 4. The Morgan fingerprint density at radius 2 is 2.25 bits per heavy atom. The molecule has 2 aliphatic rings. The third-order valence-corrected chi connectivity index (χ3v) is 5.03. The summed E-state index contributed by atoms with van der Waals surface area (Å²) in [7, 11) is 3.23. The van der Waals surface area contributed by atoms with E-state index in [0.717, 1.165) is 18.5 Å². The van der Waals surface area contributed by atoms with E-state index in [1.54, 1.807) is 18.8 Å². The quantitative estimate of drug-likeness (QED) is 0.804. The standard InChI is InChI=1S/C17H26N4O3/c1-18-15(22)10-17(12-24-2)7-3-8-21(17)16(23)11-20-9-6-14(19-20)13-4-5-13/h6,9,13H,3-5,7-8,10-12H2,1-2H3,(H,18,22)/t17-/m1/s1. The third-order valence-electron chi connectivity index (χ3n) is 5.03. The predicted molar refractivity (Wildman–Crippen MR) is 88.4 cm³/mol. The van der Waals surface area contributed by atoms with Crippen LogP contribution >= 0.6 is 0 Å². The molecule has 2 fully saturated rings. The van der Waals surface area contributed by atoms with Gasteiger partial charge in [-0.2, -0.15) is 5.10 Å². The van der Waals surface area contributed by atoms with E-state index < -0.39 is 5.54 Å². The maximum absolute atomic E-state index is 12.8. The van der Waals surface area contributed by atoms with Gasteiger partial charge in [-0.05, 0) is 31.7 Å². The van der Waals surface area contributed by atoms with Crippen molar-refractivity contribution >= 4 is 11.8 Å². The zero-order valence-electron chi connectivity index (χ0n) is 14.5. The Morgan fingerprint density at radius 3 is 2.92 bits per heavy atom. The predicted octanol–water partition coefficient (Wildman–Crippen LogP) is 0.904. The summed E-state index contributed by atoms with van der Waals surface area (Å²) in [6.45, 7) is 1.25. The molecule has 7 nitrogen and oxygen atoms in total. The minimum atomic E-state index is -0.543. The van der Waals surface area contributed by atoms with Crippen molar-refractivity contribution in [2.75, 3.05) is 27.3 Å². The summed E-state index contributed by atoms with van der Waals surface area (Å²) in [6.07, 6.45) is 6.21. The molecule has 24 heavy (non-hydrogen) atoms. The fourth-order valence-electron chi connectivity index (χ4n) is 3.65. The molecule has 2 amide bonds. The second kappa shape index (κ2) is 6.93. The van der Waals surface area contributed by atoms with Crippen LogP contribution < -0.4 is 5.32 Å². The molecule has 132 valence electrons. The molecule has 0 spiro atoms. The van der Waals surface area contributed by atoms with Crippen LogP contribution in [0.2, 0.25) is 0 Å². The van der Waals surface area contributed by atoms with Crippen molar-refractivity contribution < 1.29 is 14.3 Å². The monoisotopic (exact) mass is 334 g/mol. The van der Waals surface area contributed by atoms with Gasteiger partial charge in [0.05, 0.1) is 24.3 Å². The number of nitrogens with zero attached hydrogens (tertiary/aromatic N) is 3. The van der Waals surface area contributed by atoms with Crippen molar-refractivity contribution in [2.45, 2.75) is 50.1 Å². The molecular formula is C17H26N4O3. The Morgan fingerprint density at radius 1 is 1.46 bits per heavy atom. The lowest BCUT2D eigenvalue weighted by atomic mass is 9.92. The van der Waals surface area contributed by atoms with Gasteiger partial charge in [0.15, 0.2) is 0 Å². The van der Waals surface area contributed by atoms with Gasteiger partial charge in [0, 0.05) is 32.8 Å². The summed E-state index contributed by atoms with van der Waals surface area (Å²) in [6, 6.07) is 2.00. The number of nitrogens with one attached hydrogen (secondary N) is 1. The molecular weight excluding hydrogens is 308 g/mol. The number of carbonyl (C=O) groups excluding carboxylic acids is 2. The summed E-state index contributed by atoms with van der Waals surface area (Å²) in [4.78, 5) is 26.6. The second-order valence-electron chi connectivity index (χ2n) is 6.87. The molecule has 1 aromatic heterocycles. The lowest BCUT2D eigenvalue weighted by Crippen LogP contribution is -2.53. The molecule has 1 saturated heterocycles. The topological polar surface area (TPSA) is 76.5 Å². The van der Waals surface area contributed by atoms with E-state index in [1.807, 2.05) is 17.2 Å². The molecule has 0 unspecified atom stereocenters. The van der Waals surface area contributed by atoms with Gasteiger partial charge in [-0.1, -0.05) is 0 Å². The first kappa shape index (κ1) is 17.0. The molecule has 0 bridgehead atoms. The van der Waals surface area contributed by atoms with Crippen molar-refractivity contribution in [1.29, 1.82) is 0 Å². The van der Waals surface area contributed by atoms with Crippen molar-refractivity contribution in [3.05, 3.63) is 18.0 Å². The summed E-state index contributed by atoms with van der Waals surface area (Å²) < 4.78 is 7.07. The molecule has 0 aromatic carbocycles. The number of hydrogen-bond donors (Lipinski definition) is 1. The molecule has 1 atom stereocenters. The Balaban J connectivity index is 1.71. The highest BCUT2D eigenvalue weighted by Gasteiger charge is 2.45. The number of ether oxygens (including phenoxy) is 1. The minimum Gasteiger partial charge on any atom is -0.382 e. The van der Waals surface area contributed by atoms with Crippen molar-refractivity contribution in [2.24, 2.45) is 0 Å². The van der Waals surface area contributed by atoms with Crippen LogP contribution in [0, 0.1) is 0 Å². The van der Waals surface area contributed by atoms with E-state index in [4.69, 9.17) is 4.74 Å². The summed E-state index contributed by atoms with van der Waals surface area (Å²) in [5.74, 6) is 0.509. The SMILES string of the molecule is CNC(=O)C[C@@]1(COC)CCCN1C(=O)Cn1ccc(C2CC2)n1. The van der Waals surface area contributed by atoms with E-state index in [1.165, 1.54) is 12.8 Å². The Kier molecular flexibility index (Phi) is 4.89. The highest BCUT2D eigenvalue weighted by molar-refractivity contribution is 5.81. The molecule has 1 aliphatic heterocycles. The molecule has 1 aliphatic carbocycles. The third kappa shape index (κ3) is 3.45. The van der Waals surface area contributed by atoms with Crippen LogP contribution in [0.25, 0.3) is 0 Å². The smallest absolute Gasteiger partial charge is 0.244 e. The molecule has 7 heteroatoms. The summed E-state index contributed by atoms with van der Waals surface area (Å²) in [5.41, 5.74) is 0.538. The molecule has 1 saturated carbocycles. The minimum absolute atomic E-state index is 0.00102. The number of carbonyl (C=O) groups is 2. The van der Waals surface area contributed by atoms with Crippen molar-refractivity contribution in [1.82, 2.24) is 20.0 Å². The average molecular weight is 334 g/mol. The Bertz CT molecular complexity index is 611. The van der Waals surface area contributed by atoms with Gasteiger partial charge in [-0.15, -0.1) is 0 Å². The molecule has 0 radical (unpaired) electrons. The van der Waals surface area contributed by atoms with E-state index in [0.29, 0.717) is 19.1 Å². The largest absolute Gasteiger partial charge is 0.382 e. The lowest BCUT2D eigenvalue weighted by Gasteiger charge is -2.37. The van der Waals surface area contributed by atoms with E-state index >= 15 is 0 Å². The highest BCUT2D eigenvalue weighted by atomic mass is 16.5. The van der Waals surface area contributed by atoms with E-state index in [9.17, 15) is 9.59 Å². The van der Waals surface area contributed by atoms with Crippen LogP contribution in [0.5, 0.6) is 0 Å². The Labute approximate surface area is 142 Å². The van der Waals surface area contributed by atoms with Gasteiger partial charge in [0.2, 0.25) is 11.8 Å². The first-order valence-electron chi connectivity index (χ1n) is 8.61. The number of aromatic nitrogens is 2. The van der Waals surface area contributed by atoms with Crippen LogP contribution in [0.4, 0.5) is 0 Å². The Hall–Kier alpha value is -1.89. The van der Waals surface area contributed by atoms with Crippen molar-refractivity contribution in [3.63, 3.8) is 0 Å². The number of amides is 2. The molecule has 1 aromatic rings. The van der Waals surface area contributed by atoms with E-state index in [-0.39, 0.29) is 24.8 Å². The molecule has 1 N–H and O–H groups in total. The van der Waals surface area contributed by atoms with E-state index in [2.05, 4.69) is 10.4 Å². The first-order chi connectivity index (χ1) is 11.6.